The molecule has 0 aromatic carbocycles. The number of rotatable bonds is 2. The number of thiocarbonyl (C=S) groups is 1. The molecule has 1 saturated heterocycles. The minimum atomic E-state index is 0.688. The maximum atomic E-state index is 5.45. The second-order valence-corrected chi connectivity index (χ2v) is 4.43. The molecule has 1 rings (SSSR count). The van der Waals surface area contributed by atoms with Gasteiger partial charge in [-0.05, 0) is 30.3 Å². The van der Waals surface area contributed by atoms with Crippen LogP contribution in [0.4, 0.5) is 0 Å². The van der Waals surface area contributed by atoms with Crippen LogP contribution >= 0.6 is 24.0 Å². The second kappa shape index (κ2) is 4.19. The van der Waals surface area contributed by atoms with E-state index >= 15 is 0 Å². The monoisotopic (exact) mass is 175 g/mol. The zero-order chi connectivity index (χ0) is 7.40. The van der Waals surface area contributed by atoms with Crippen LogP contribution < -0.4 is 5.73 Å². The molecule has 0 aromatic heterocycles. The fourth-order valence-corrected chi connectivity index (χ4v) is 2.64. The lowest BCUT2D eigenvalue weighted by Gasteiger charge is -2.20. The highest BCUT2D eigenvalue weighted by Gasteiger charge is 2.13. The highest BCUT2D eigenvalue weighted by atomic mass is 32.2. The Bertz CT molecular complexity index is 119. The minimum absolute atomic E-state index is 0.688. The summed E-state index contributed by atoms with van der Waals surface area (Å²) in [7, 11) is 0. The van der Waals surface area contributed by atoms with Crippen molar-refractivity contribution in [1.29, 1.82) is 0 Å². The first-order valence-electron chi connectivity index (χ1n) is 3.65. The van der Waals surface area contributed by atoms with Gasteiger partial charge in [0.05, 0.1) is 4.99 Å². The van der Waals surface area contributed by atoms with E-state index in [9.17, 15) is 0 Å². The Kier molecular flexibility index (Phi) is 3.49. The Morgan fingerprint density at radius 1 is 1.70 bits per heavy atom. The molecule has 2 N–H and O–H groups in total. The molecule has 1 aliphatic heterocycles. The predicted molar refractivity (Wildman–Crippen MR) is 51.5 cm³/mol. The van der Waals surface area contributed by atoms with Gasteiger partial charge in [-0.2, -0.15) is 11.8 Å². The Labute approximate surface area is 71.7 Å². The molecule has 0 saturated carbocycles. The Morgan fingerprint density at radius 2 is 2.50 bits per heavy atom. The van der Waals surface area contributed by atoms with Gasteiger partial charge in [0.1, 0.15) is 0 Å². The Hall–Kier alpha value is 0.240. The lowest BCUT2D eigenvalue weighted by Crippen LogP contribution is -2.18. The molecule has 0 aromatic rings. The summed E-state index contributed by atoms with van der Waals surface area (Å²) >= 11 is 6.87. The van der Waals surface area contributed by atoms with E-state index in [2.05, 4.69) is 0 Å². The van der Waals surface area contributed by atoms with Gasteiger partial charge in [0, 0.05) is 6.42 Å². The topological polar surface area (TPSA) is 26.0 Å². The third-order valence-electron chi connectivity index (χ3n) is 1.74. The molecule has 10 heavy (non-hydrogen) atoms. The summed E-state index contributed by atoms with van der Waals surface area (Å²) in [4.78, 5) is 0.688. The van der Waals surface area contributed by atoms with Gasteiger partial charge in [-0.1, -0.05) is 12.2 Å². The van der Waals surface area contributed by atoms with Crippen molar-refractivity contribution in [2.24, 2.45) is 11.7 Å². The van der Waals surface area contributed by atoms with Crippen molar-refractivity contribution in [3.63, 3.8) is 0 Å². The van der Waals surface area contributed by atoms with Gasteiger partial charge in [0.25, 0.3) is 0 Å². The minimum Gasteiger partial charge on any atom is -0.393 e. The highest BCUT2D eigenvalue weighted by molar-refractivity contribution is 7.99. The standard InChI is InChI=1S/C7H13NS2/c8-7(9)4-6-2-1-3-10-5-6/h6H,1-5H2,(H2,8,9). The van der Waals surface area contributed by atoms with E-state index in [1.54, 1.807) is 0 Å². The SMILES string of the molecule is NC(=S)CC1CCCSC1. The summed E-state index contributed by atoms with van der Waals surface area (Å²) in [6.45, 7) is 0. The molecule has 1 fully saturated rings. The van der Waals surface area contributed by atoms with Gasteiger partial charge in [-0.25, -0.2) is 0 Å². The number of nitrogens with two attached hydrogens (primary N) is 1. The van der Waals surface area contributed by atoms with Gasteiger partial charge in [-0.15, -0.1) is 0 Å². The normalized spacial score (nSPS) is 26.2. The highest BCUT2D eigenvalue weighted by Crippen LogP contribution is 2.24. The van der Waals surface area contributed by atoms with E-state index in [0.717, 1.165) is 12.3 Å². The molecule has 58 valence electrons. The van der Waals surface area contributed by atoms with Crippen LogP contribution in [0.25, 0.3) is 0 Å². The first kappa shape index (κ1) is 8.34. The van der Waals surface area contributed by atoms with Crippen LogP contribution in [0.1, 0.15) is 19.3 Å². The molecule has 0 aliphatic carbocycles. The molecular formula is C7H13NS2. The van der Waals surface area contributed by atoms with Crippen molar-refractivity contribution >= 4 is 29.0 Å². The van der Waals surface area contributed by atoms with Crippen LogP contribution in [-0.2, 0) is 0 Å². The van der Waals surface area contributed by atoms with Crippen molar-refractivity contribution in [2.75, 3.05) is 11.5 Å². The average molecular weight is 175 g/mol. The molecule has 0 spiro atoms. The van der Waals surface area contributed by atoms with E-state index in [0.29, 0.717) is 4.99 Å². The zero-order valence-electron chi connectivity index (χ0n) is 6.01. The molecular weight excluding hydrogens is 162 g/mol. The quantitative estimate of drug-likeness (QED) is 0.648. The van der Waals surface area contributed by atoms with Gasteiger partial charge in [0.2, 0.25) is 0 Å². The van der Waals surface area contributed by atoms with Crippen LogP contribution in [-0.4, -0.2) is 16.5 Å². The van der Waals surface area contributed by atoms with E-state index in [1.807, 2.05) is 11.8 Å². The van der Waals surface area contributed by atoms with Crippen LogP contribution in [0.15, 0.2) is 0 Å². The van der Waals surface area contributed by atoms with Crippen LogP contribution in [0.2, 0.25) is 0 Å². The first-order chi connectivity index (χ1) is 4.79. The predicted octanol–water partition coefficient (Wildman–Crippen LogP) is 1.81. The van der Waals surface area contributed by atoms with Crippen molar-refractivity contribution in [1.82, 2.24) is 0 Å². The maximum Gasteiger partial charge on any atom is 0.0730 e. The second-order valence-electron chi connectivity index (χ2n) is 2.75. The lowest BCUT2D eigenvalue weighted by atomic mass is 10.0. The lowest BCUT2D eigenvalue weighted by molar-refractivity contribution is 0.544. The molecule has 0 amide bonds. The molecule has 0 radical (unpaired) electrons. The molecule has 0 bridgehead atoms. The molecule has 1 aliphatic rings. The largest absolute Gasteiger partial charge is 0.393 e. The third-order valence-corrected chi connectivity index (χ3v) is 3.20. The van der Waals surface area contributed by atoms with Crippen molar-refractivity contribution in [3.8, 4) is 0 Å². The summed E-state index contributed by atoms with van der Waals surface area (Å²) in [6, 6.07) is 0. The number of thioether (sulfide) groups is 1. The fourth-order valence-electron chi connectivity index (χ4n) is 1.25. The van der Waals surface area contributed by atoms with Gasteiger partial charge >= 0.3 is 0 Å². The van der Waals surface area contributed by atoms with E-state index in [-0.39, 0.29) is 0 Å². The Morgan fingerprint density at radius 3 is 3.00 bits per heavy atom. The average Bonchev–Trinajstić information content (AvgIpc) is 1.88. The maximum absolute atomic E-state index is 5.45. The smallest absolute Gasteiger partial charge is 0.0730 e. The summed E-state index contributed by atoms with van der Waals surface area (Å²) in [5.74, 6) is 3.36. The molecule has 1 unspecified atom stereocenters. The number of hydrogen-bond acceptors (Lipinski definition) is 2. The van der Waals surface area contributed by atoms with Crippen LogP contribution in [0.3, 0.4) is 0 Å². The van der Waals surface area contributed by atoms with E-state index in [1.165, 1.54) is 24.3 Å². The van der Waals surface area contributed by atoms with Crippen molar-refractivity contribution in [2.45, 2.75) is 19.3 Å². The van der Waals surface area contributed by atoms with Crippen LogP contribution in [0, 0.1) is 5.92 Å². The summed E-state index contributed by atoms with van der Waals surface area (Å²) < 4.78 is 0. The first-order valence-corrected chi connectivity index (χ1v) is 5.21. The van der Waals surface area contributed by atoms with Gasteiger partial charge in [-0.3, -0.25) is 0 Å². The van der Waals surface area contributed by atoms with Crippen LogP contribution in [0.5, 0.6) is 0 Å². The summed E-state index contributed by atoms with van der Waals surface area (Å²) in [5, 5.41) is 0. The zero-order valence-corrected chi connectivity index (χ0v) is 7.64. The molecule has 1 atom stereocenters. The number of hydrogen-bond donors (Lipinski definition) is 1. The summed E-state index contributed by atoms with van der Waals surface area (Å²) in [5.41, 5.74) is 5.45. The van der Waals surface area contributed by atoms with E-state index < -0.39 is 0 Å². The summed E-state index contributed by atoms with van der Waals surface area (Å²) in [6.07, 6.45) is 3.63. The molecule has 1 nitrogen and oxygen atoms in total. The van der Waals surface area contributed by atoms with Crippen molar-refractivity contribution in [3.05, 3.63) is 0 Å². The fraction of sp³-hybridized carbons (Fsp3) is 0.857. The third kappa shape index (κ3) is 2.88. The molecule has 1 heterocycles. The molecule has 3 heteroatoms. The van der Waals surface area contributed by atoms with Gasteiger partial charge in [0.15, 0.2) is 0 Å². The van der Waals surface area contributed by atoms with Gasteiger partial charge < -0.3 is 5.73 Å². The van der Waals surface area contributed by atoms with E-state index in [4.69, 9.17) is 18.0 Å². The Balaban J connectivity index is 2.19. The van der Waals surface area contributed by atoms with Crippen molar-refractivity contribution < 1.29 is 0 Å².